The number of cyclic esters (lactones) is 1. The molecule has 0 spiro atoms. The summed E-state index contributed by atoms with van der Waals surface area (Å²) in [4.78, 5) is 12.1. The van der Waals surface area contributed by atoms with E-state index in [1.54, 1.807) is 35.5 Å². The van der Waals surface area contributed by atoms with Crippen LogP contribution in [0.25, 0.3) is 0 Å². The van der Waals surface area contributed by atoms with Gasteiger partial charge in [-0.15, -0.1) is 0 Å². The molecule has 0 saturated carbocycles. The van der Waals surface area contributed by atoms with Crippen molar-refractivity contribution in [2.75, 3.05) is 42.2 Å². The number of carbonyl (C=O) groups is 1. The zero-order valence-corrected chi connectivity index (χ0v) is 18.1. The van der Waals surface area contributed by atoms with E-state index in [4.69, 9.17) is 28.4 Å². The molecule has 0 N–H and O–H groups in total. The predicted molar refractivity (Wildman–Crippen MR) is 111 cm³/mol. The van der Waals surface area contributed by atoms with E-state index in [0.717, 1.165) is 11.1 Å². The monoisotopic (exact) mass is 416 g/mol. The van der Waals surface area contributed by atoms with Crippen molar-refractivity contribution in [3.63, 3.8) is 0 Å². The van der Waals surface area contributed by atoms with Crippen LogP contribution < -0.4 is 23.7 Å². The fourth-order valence-corrected chi connectivity index (χ4v) is 4.03. The summed E-state index contributed by atoms with van der Waals surface area (Å²) < 4.78 is 32.5. The molecule has 1 heterocycles. The minimum absolute atomic E-state index is 0.192. The molecule has 1 aliphatic rings. The van der Waals surface area contributed by atoms with Gasteiger partial charge in [0.15, 0.2) is 23.0 Å². The largest absolute Gasteiger partial charge is 0.493 e. The molecule has 3 rings (SSSR count). The zero-order valence-electron chi connectivity index (χ0n) is 18.1. The van der Waals surface area contributed by atoms with Crippen molar-refractivity contribution in [3.8, 4) is 28.7 Å². The highest BCUT2D eigenvalue weighted by atomic mass is 16.5. The van der Waals surface area contributed by atoms with Crippen molar-refractivity contribution in [1.82, 2.24) is 0 Å². The van der Waals surface area contributed by atoms with Crippen LogP contribution in [0.3, 0.4) is 0 Å². The summed E-state index contributed by atoms with van der Waals surface area (Å²) in [5.41, 5.74) is 1.63. The van der Waals surface area contributed by atoms with E-state index in [9.17, 15) is 4.79 Å². The van der Waals surface area contributed by atoms with E-state index in [2.05, 4.69) is 0 Å². The molecule has 1 atom stereocenters. The standard InChI is InChI=1S/C23H28O7/c1-25-17-7-6-15(8-18(17)26-2)11-23(13-21(24)30-14-23)12-16-9-19(27-3)22(29-5)20(10-16)28-4/h6-10H,11-14H2,1-5H3. The van der Waals surface area contributed by atoms with E-state index in [1.807, 2.05) is 30.3 Å². The molecule has 1 saturated heterocycles. The Morgan fingerprint density at radius 1 is 0.767 bits per heavy atom. The minimum Gasteiger partial charge on any atom is -0.493 e. The van der Waals surface area contributed by atoms with Crippen molar-refractivity contribution >= 4 is 5.97 Å². The third-order valence-electron chi connectivity index (χ3n) is 5.39. The fourth-order valence-electron chi connectivity index (χ4n) is 4.03. The lowest BCUT2D eigenvalue weighted by Gasteiger charge is -2.27. The van der Waals surface area contributed by atoms with E-state index >= 15 is 0 Å². The highest BCUT2D eigenvalue weighted by molar-refractivity contribution is 5.72. The molecule has 2 aromatic rings. The summed E-state index contributed by atoms with van der Waals surface area (Å²) in [6.45, 7) is 0.344. The van der Waals surface area contributed by atoms with Gasteiger partial charge in [0.25, 0.3) is 0 Å². The van der Waals surface area contributed by atoms with E-state index in [0.29, 0.717) is 54.6 Å². The van der Waals surface area contributed by atoms with Crippen LogP contribution in [0.15, 0.2) is 30.3 Å². The molecule has 30 heavy (non-hydrogen) atoms. The van der Waals surface area contributed by atoms with Gasteiger partial charge in [0.05, 0.1) is 48.6 Å². The summed E-state index contributed by atoms with van der Waals surface area (Å²) in [6, 6.07) is 9.64. The van der Waals surface area contributed by atoms with Gasteiger partial charge in [-0.05, 0) is 48.2 Å². The first kappa shape index (κ1) is 21.6. The Balaban J connectivity index is 1.95. The first-order valence-corrected chi connectivity index (χ1v) is 9.63. The highest BCUT2D eigenvalue weighted by Gasteiger charge is 2.41. The molecule has 0 bridgehead atoms. The molecule has 7 nitrogen and oxygen atoms in total. The van der Waals surface area contributed by atoms with Gasteiger partial charge in [-0.3, -0.25) is 4.79 Å². The number of benzene rings is 2. The maximum atomic E-state index is 12.1. The zero-order chi connectivity index (χ0) is 21.7. The summed E-state index contributed by atoms with van der Waals surface area (Å²) in [6.07, 6.45) is 1.59. The van der Waals surface area contributed by atoms with Crippen molar-refractivity contribution in [1.29, 1.82) is 0 Å². The average molecular weight is 416 g/mol. The average Bonchev–Trinajstić information content (AvgIpc) is 3.12. The number of hydrogen-bond donors (Lipinski definition) is 0. The Bertz CT molecular complexity index is 883. The van der Waals surface area contributed by atoms with E-state index < -0.39 is 0 Å². The van der Waals surface area contributed by atoms with E-state index in [-0.39, 0.29) is 11.4 Å². The van der Waals surface area contributed by atoms with Crippen LogP contribution in [-0.2, 0) is 22.4 Å². The van der Waals surface area contributed by atoms with Gasteiger partial charge >= 0.3 is 5.97 Å². The van der Waals surface area contributed by atoms with Crippen molar-refractivity contribution in [2.45, 2.75) is 19.3 Å². The van der Waals surface area contributed by atoms with E-state index in [1.165, 1.54) is 0 Å². The molecular weight excluding hydrogens is 388 g/mol. The van der Waals surface area contributed by atoms with Crippen LogP contribution in [0, 0.1) is 5.41 Å². The number of rotatable bonds is 9. The molecule has 0 amide bonds. The molecule has 1 unspecified atom stereocenters. The Morgan fingerprint density at radius 2 is 1.33 bits per heavy atom. The normalized spacial score (nSPS) is 18.0. The fraction of sp³-hybridized carbons (Fsp3) is 0.435. The Morgan fingerprint density at radius 3 is 1.83 bits per heavy atom. The lowest BCUT2D eigenvalue weighted by molar-refractivity contribution is -0.137. The third kappa shape index (κ3) is 4.40. The lowest BCUT2D eigenvalue weighted by Crippen LogP contribution is -2.27. The van der Waals surface area contributed by atoms with Gasteiger partial charge in [0.2, 0.25) is 5.75 Å². The molecule has 1 aliphatic heterocycles. The third-order valence-corrected chi connectivity index (χ3v) is 5.39. The van der Waals surface area contributed by atoms with Crippen LogP contribution in [0.2, 0.25) is 0 Å². The second-order valence-electron chi connectivity index (χ2n) is 7.41. The Hall–Kier alpha value is -3.09. The van der Waals surface area contributed by atoms with Crippen LogP contribution >= 0.6 is 0 Å². The maximum absolute atomic E-state index is 12.1. The van der Waals surface area contributed by atoms with Gasteiger partial charge in [0, 0.05) is 5.41 Å². The molecule has 0 aromatic heterocycles. The smallest absolute Gasteiger partial charge is 0.306 e. The second-order valence-corrected chi connectivity index (χ2v) is 7.41. The quantitative estimate of drug-likeness (QED) is 0.580. The predicted octanol–water partition coefficient (Wildman–Crippen LogP) is 3.45. The van der Waals surface area contributed by atoms with Gasteiger partial charge in [-0.25, -0.2) is 0 Å². The second kappa shape index (κ2) is 9.15. The molecule has 0 radical (unpaired) electrons. The van der Waals surface area contributed by atoms with Crippen molar-refractivity contribution in [2.24, 2.45) is 5.41 Å². The first-order valence-electron chi connectivity index (χ1n) is 9.63. The molecule has 1 fully saturated rings. The number of carbonyl (C=O) groups excluding carboxylic acids is 1. The molecule has 2 aromatic carbocycles. The van der Waals surface area contributed by atoms with Crippen molar-refractivity contribution in [3.05, 3.63) is 41.5 Å². The van der Waals surface area contributed by atoms with Crippen LogP contribution in [0.1, 0.15) is 17.5 Å². The number of ether oxygens (including phenoxy) is 6. The van der Waals surface area contributed by atoms with Gasteiger partial charge in [-0.2, -0.15) is 0 Å². The molecular formula is C23H28O7. The number of hydrogen-bond acceptors (Lipinski definition) is 7. The molecule has 7 heteroatoms. The highest BCUT2D eigenvalue weighted by Crippen LogP contribution is 2.43. The first-order chi connectivity index (χ1) is 14.5. The minimum atomic E-state index is -0.388. The Labute approximate surface area is 176 Å². The van der Waals surface area contributed by atoms with Crippen LogP contribution in [0.4, 0.5) is 0 Å². The number of esters is 1. The molecule has 0 aliphatic carbocycles. The van der Waals surface area contributed by atoms with Crippen molar-refractivity contribution < 1.29 is 33.2 Å². The van der Waals surface area contributed by atoms with Gasteiger partial charge in [-0.1, -0.05) is 6.07 Å². The topological polar surface area (TPSA) is 72.5 Å². The number of methoxy groups -OCH3 is 5. The van der Waals surface area contributed by atoms with Crippen LogP contribution in [0.5, 0.6) is 28.7 Å². The Kier molecular flexibility index (Phi) is 6.59. The van der Waals surface area contributed by atoms with Gasteiger partial charge in [0.1, 0.15) is 0 Å². The summed E-state index contributed by atoms with van der Waals surface area (Å²) in [7, 11) is 7.95. The summed E-state index contributed by atoms with van der Waals surface area (Å²) in [5.74, 6) is 2.83. The molecule has 162 valence electrons. The summed E-state index contributed by atoms with van der Waals surface area (Å²) >= 11 is 0. The van der Waals surface area contributed by atoms with Crippen LogP contribution in [-0.4, -0.2) is 48.1 Å². The maximum Gasteiger partial charge on any atom is 0.306 e. The lowest BCUT2D eigenvalue weighted by atomic mass is 9.76. The SMILES string of the molecule is COc1ccc(CC2(Cc3cc(OC)c(OC)c(OC)c3)COC(=O)C2)cc1OC. The summed E-state index contributed by atoms with van der Waals surface area (Å²) in [5, 5.41) is 0. The van der Waals surface area contributed by atoms with Gasteiger partial charge < -0.3 is 28.4 Å².